The van der Waals surface area contributed by atoms with Gasteiger partial charge < -0.3 is 5.11 Å². The second-order valence-corrected chi connectivity index (χ2v) is 4.86. The molecule has 1 aliphatic rings. The summed E-state index contributed by atoms with van der Waals surface area (Å²) in [6.07, 6.45) is 3.58. The predicted molar refractivity (Wildman–Crippen MR) is 60.8 cm³/mol. The number of nitrogens with zero attached hydrogens (tertiary/aromatic N) is 2. The van der Waals surface area contributed by atoms with Crippen molar-refractivity contribution in [1.82, 2.24) is 9.78 Å². The number of rotatable bonds is 3. The Labute approximate surface area is 95.3 Å². The molecule has 0 unspecified atom stereocenters. The van der Waals surface area contributed by atoms with Crippen molar-refractivity contribution in [3.05, 3.63) is 17.0 Å². The summed E-state index contributed by atoms with van der Waals surface area (Å²) in [5.41, 5.74) is 2.30. The fraction of sp³-hybridized carbons (Fsp3) is 0.667. The van der Waals surface area contributed by atoms with Gasteiger partial charge in [0.2, 0.25) is 0 Å². The highest BCUT2D eigenvalue weighted by molar-refractivity contribution is 5.87. The van der Waals surface area contributed by atoms with Crippen molar-refractivity contribution < 1.29 is 9.90 Å². The molecule has 88 valence electrons. The lowest BCUT2D eigenvalue weighted by Gasteiger charge is -2.27. The summed E-state index contributed by atoms with van der Waals surface area (Å²) in [6.45, 7) is 4.07. The minimum atomic E-state index is -0.912. The minimum absolute atomic E-state index is 0.218. The summed E-state index contributed by atoms with van der Waals surface area (Å²) in [6, 6.07) is 0. The Balaban J connectivity index is 2.52. The van der Waals surface area contributed by atoms with E-state index in [-0.39, 0.29) is 11.6 Å². The fourth-order valence-electron chi connectivity index (χ4n) is 2.45. The summed E-state index contributed by atoms with van der Waals surface area (Å²) < 4.78 is 1.77. The zero-order valence-electron chi connectivity index (χ0n) is 10.0. The van der Waals surface area contributed by atoms with Crippen LogP contribution in [0.4, 0.5) is 0 Å². The molecule has 0 aromatic carbocycles. The van der Waals surface area contributed by atoms with Crippen LogP contribution in [0.3, 0.4) is 0 Å². The highest BCUT2D eigenvalue weighted by atomic mass is 16.4. The van der Waals surface area contributed by atoms with Crippen LogP contribution >= 0.6 is 0 Å². The standard InChI is InChI=1S/C12H18N2O2/c1-7(2)9-10(12(15)16)13-14(3)11(9)8-5-4-6-8/h7-8H,4-6H2,1-3H3,(H,15,16). The van der Waals surface area contributed by atoms with Crippen LogP contribution < -0.4 is 0 Å². The van der Waals surface area contributed by atoms with Crippen LogP contribution in [0, 0.1) is 0 Å². The van der Waals surface area contributed by atoms with Crippen LogP contribution in [-0.4, -0.2) is 20.9 Å². The van der Waals surface area contributed by atoms with E-state index in [1.807, 2.05) is 20.9 Å². The molecule has 4 heteroatoms. The topological polar surface area (TPSA) is 55.1 Å². The van der Waals surface area contributed by atoms with Crippen LogP contribution in [0.5, 0.6) is 0 Å². The van der Waals surface area contributed by atoms with Crippen LogP contribution in [0.2, 0.25) is 0 Å². The number of hydrogen-bond acceptors (Lipinski definition) is 2. The second-order valence-electron chi connectivity index (χ2n) is 4.86. The smallest absolute Gasteiger partial charge is 0.356 e. The average molecular weight is 222 g/mol. The highest BCUT2D eigenvalue weighted by Crippen LogP contribution is 2.40. The van der Waals surface area contributed by atoms with Gasteiger partial charge in [0.05, 0.1) is 0 Å². The van der Waals surface area contributed by atoms with E-state index in [1.165, 1.54) is 6.42 Å². The van der Waals surface area contributed by atoms with Crippen LogP contribution in [0.15, 0.2) is 0 Å². The molecule has 0 aliphatic heterocycles. The Morgan fingerprint density at radius 1 is 1.50 bits per heavy atom. The monoisotopic (exact) mass is 222 g/mol. The number of aryl methyl sites for hydroxylation is 1. The summed E-state index contributed by atoms with van der Waals surface area (Å²) in [4.78, 5) is 11.1. The van der Waals surface area contributed by atoms with Gasteiger partial charge in [-0.25, -0.2) is 4.79 Å². The maximum absolute atomic E-state index is 11.1. The Morgan fingerprint density at radius 3 is 2.50 bits per heavy atom. The number of aromatic nitrogens is 2. The number of carbonyl (C=O) groups is 1. The number of carboxylic acid groups (broad SMARTS) is 1. The minimum Gasteiger partial charge on any atom is -0.476 e. The molecule has 1 aromatic heterocycles. The van der Waals surface area contributed by atoms with Gasteiger partial charge in [-0.3, -0.25) is 4.68 Å². The number of aromatic carboxylic acids is 1. The maximum atomic E-state index is 11.1. The zero-order valence-corrected chi connectivity index (χ0v) is 10.0. The van der Waals surface area contributed by atoms with E-state index >= 15 is 0 Å². The average Bonchev–Trinajstić information content (AvgIpc) is 2.41. The highest BCUT2D eigenvalue weighted by Gasteiger charge is 2.31. The third kappa shape index (κ3) is 1.62. The van der Waals surface area contributed by atoms with Crippen molar-refractivity contribution in [2.75, 3.05) is 0 Å². The van der Waals surface area contributed by atoms with Gasteiger partial charge in [0, 0.05) is 24.2 Å². The molecule has 16 heavy (non-hydrogen) atoms. The molecule has 1 N–H and O–H groups in total. The van der Waals surface area contributed by atoms with Crippen molar-refractivity contribution >= 4 is 5.97 Å². The molecule has 1 saturated carbocycles. The van der Waals surface area contributed by atoms with Gasteiger partial charge in [0.25, 0.3) is 0 Å². The number of carboxylic acids is 1. The third-order valence-electron chi connectivity index (χ3n) is 3.40. The quantitative estimate of drug-likeness (QED) is 0.854. The molecule has 2 rings (SSSR count). The molecule has 0 atom stereocenters. The SMILES string of the molecule is CC(C)c1c(C(=O)O)nn(C)c1C1CCC1. The fourth-order valence-corrected chi connectivity index (χ4v) is 2.45. The van der Waals surface area contributed by atoms with Gasteiger partial charge in [-0.1, -0.05) is 20.3 Å². The van der Waals surface area contributed by atoms with E-state index in [1.54, 1.807) is 4.68 Å². The van der Waals surface area contributed by atoms with E-state index in [2.05, 4.69) is 5.10 Å². The Morgan fingerprint density at radius 2 is 2.12 bits per heavy atom. The van der Waals surface area contributed by atoms with Crippen LogP contribution in [-0.2, 0) is 7.05 Å². The largest absolute Gasteiger partial charge is 0.476 e. The van der Waals surface area contributed by atoms with Gasteiger partial charge >= 0.3 is 5.97 Å². The lowest BCUT2D eigenvalue weighted by molar-refractivity contribution is 0.0688. The lowest BCUT2D eigenvalue weighted by atomic mass is 9.79. The van der Waals surface area contributed by atoms with Gasteiger partial charge in [-0.15, -0.1) is 0 Å². The van der Waals surface area contributed by atoms with Gasteiger partial charge in [0.15, 0.2) is 5.69 Å². The summed E-state index contributed by atoms with van der Waals surface area (Å²) in [5.74, 6) is -0.178. The zero-order chi connectivity index (χ0) is 11.9. The Kier molecular flexibility index (Phi) is 2.74. The number of hydrogen-bond donors (Lipinski definition) is 1. The Bertz CT molecular complexity index is 417. The first-order valence-corrected chi connectivity index (χ1v) is 5.82. The van der Waals surface area contributed by atoms with Gasteiger partial charge in [-0.2, -0.15) is 5.10 Å². The Hall–Kier alpha value is -1.32. The summed E-state index contributed by atoms with van der Waals surface area (Å²) in [7, 11) is 1.85. The van der Waals surface area contributed by atoms with Crippen molar-refractivity contribution in [2.45, 2.75) is 44.9 Å². The van der Waals surface area contributed by atoms with Crippen molar-refractivity contribution in [2.24, 2.45) is 7.05 Å². The molecule has 1 aromatic rings. The first-order chi connectivity index (χ1) is 7.52. The molecule has 0 spiro atoms. The van der Waals surface area contributed by atoms with Crippen molar-refractivity contribution in [1.29, 1.82) is 0 Å². The molecule has 0 amide bonds. The molecule has 0 bridgehead atoms. The van der Waals surface area contributed by atoms with Gasteiger partial charge in [-0.05, 0) is 18.8 Å². The van der Waals surface area contributed by atoms with Crippen LogP contribution in [0.1, 0.15) is 66.7 Å². The predicted octanol–water partition coefficient (Wildman–Crippen LogP) is 2.51. The first kappa shape index (κ1) is 11.2. The molecule has 0 saturated heterocycles. The van der Waals surface area contributed by atoms with E-state index in [9.17, 15) is 4.79 Å². The molecule has 1 aliphatic carbocycles. The third-order valence-corrected chi connectivity index (χ3v) is 3.40. The molecule has 1 fully saturated rings. The molecular weight excluding hydrogens is 204 g/mol. The second kappa shape index (κ2) is 3.92. The lowest BCUT2D eigenvalue weighted by Crippen LogP contribution is -2.15. The molecular formula is C12H18N2O2. The molecule has 4 nitrogen and oxygen atoms in total. The van der Waals surface area contributed by atoms with Crippen molar-refractivity contribution in [3.63, 3.8) is 0 Å². The van der Waals surface area contributed by atoms with Crippen molar-refractivity contribution in [3.8, 4) is 0 Å². The molecule has 0 radical (unpaired) electrons. The van der Waals surface area contributed by atoms with Gasteiger partial charge in [0.1, 0.15) is 0 Å². The van der Waals surface area contributed by atoms with E-state index in [0.717, 1.165) is 24.1 Å². The first-order valence-electron chi connectivity index (χ1n) is 5.82. The van der Waals surface area contributed by atoms with Crippen LogP contribution in [0.25, 0.3) is 0 Å². The molecule has 1 heterocycles. The van der Waals surface area contributed by atoms with E-state index < -0.39 is 5.97 Å². The van der Waals surface area contributed by atoms with E-state index in [0.29, 0.717) is 5.92 Å². The summed E-state index contributed by atoms with van der Waals surface area (Å²) >= 11 is 0. The maximum Gasteiger partial charge on any atom is 0.356 e. The summed E-state index contributed by atoms with van der Waals surface area (Å²) in [5, 5.41) is 13.3. The normalized spacial score (nSPS) is 16.5. The van der Waals surface area contributed by atoms with E-state index in [4.69, 9.17) is 5.11 Å².